The number of rotatable bonds is 7. The molecule has 7 nitrogen and oxygen atoms in total. The van der Waals surface area contributed by atoms with Gasteiger partial charge in [-0.05, 0) is 42.4 Å². The minimum Gasteiger partial charge on any atom is -0.480 e. The number of anilines is 1. The Hall–Kier alpha value is -3.19. The first-order chi connectivity index (χ1) is 14.5. The first kappa shape index (κ1) is 20.1. The van der Waals surface area contributed by atoms with Gasteiger partial charge in [0.15, 0.2) is 0 Å². The van der Waals surface area contributed by atoms with Crippen LogP contribution < -0.4 is 10.2 Å². The molecule has 1 amide bonds. The molecule has 2 aromatic rings. The Morgan fingerprint density at radius 1 is 1.07 bits per heavy atom. The monoisotopic (exact) mass is 408 g/mol. The maximum absolute atomic E-state index is 13.3. The van der Waals surface area contributed by atoms with Crippen LogP contribution in [-0.2, 0) is 33.6 Å². The fourth-order valence-corrected chi connectivity index (χ4v) is 4.46. The number of amides is 1. The minimum atomic E-state index is -1.05. The molecule has 3 N–H and O–H groups in total. The smallest absolute Gasteiger partial charge is 0.327 e. The van der Waals surface area contributed by atoms with Gasteiger partial charge in [-0.1, -0.05) is 48.5 Å². The highest BCUT2D eigenvalue weighted by molar-refractivity contribution is 6.05. The van der Waals surface area contributed by atoms with Crippen LogP contribution in [0.3, 0.4) is 0 Å². The number of nitrogens with one attached hydrogen (secondary N) is 1. The zero-order valence-electron chi connectivity index (χ0n) is 16.5. The minimum absolute atomic E-state index is 0.271. The maximum Gasteiger partial charge on any atom is 0.327 e. The van der Waals surface area contributed by atoms with Gasteiger partial charge in [0.2, 0.25) is 5.91 Å². The number of carboxylic acid groups (broad SMARTS) is 2. The van der Waals surface area contributed by atoms with Crippen LogP contribution >= 0.6 is 0 Å². The number of carboxylic acids is 2. The average Bonchev–Trinajstić information content (AvgIpc) is 3.07. The summed E-state index contributed by atoms with van der Waals surface area (Å²) in [5.74, 6) is -2.43. The largest absolute Gasteiger partial charge is 0.480 e. The molecule has 0 aliphatic carbocycles. The van der Waals surface area contributed by atoms with E-state index in [1.54, 1.807) is 0 Å². The van der Waals surface area contributed by atoms with E-state index >= 15 is 0 Å². The van der Waals surface area contributed by atoms with Crippen LogP contribution in [0.2, 0.25) is 0 Å². The molecule has 0 spiro atoms. The van der Waals surface area contributed by atoms with Crippen LogP contribution in [0.1, 0.15) is 29.5 Å². The summed E-state index contributed by atoms with van der Waals surface area (Å²) in [5.41, 5.74) is 3.51. The van der Waals surface area contributed by atoms with Gasteiger partial charge in [-0.3, -0.25) is 19.8 Å². The lowest BCUT2D eigenvalue weighted by atomic mass is 10.00. The SMILES string of the molecule is O=C(O)[C@H](CCc1ccccc1)N[C@@H]1CCc2cccc3c2N(C1=O)[C@H](C(=O)O)C3. The third kappa shape index (κ3) is 3.80. The molecule has 2 heterocycles. The van der Waals surface area contributed by atoms with Crippen molar-refractivity contribution in [1.82, 2.24) is 5.32 Å². The Kier molecular flexibility index (Phi) is 5.55. The maximum atomic E-state index is 13.3. The fourth-order valence-electron chi connectivity index (χ4n) is 4.46. The summed E-state index contributed by atoms with van der Waals surface area (Å²) in [4.78, 5) is 38.4. The molecule has 156 valence electrons. The van der Waals surface area contributed by atoms with E-state index in [4.69, 9.17) is 0 Å². The van der Waals surface area contributed by atoms with Crippen LogP contribution in [0.4, 0.5) is 5.69 Å². The zero-order valence-corrected chi connectivity index (χ0v) is 16.5. The fraction of sp³-hybridized carbons (Fsp3) is 0.348. The molecule has 0 saturated heterocycles. The summed E-state index contributed by atoms with van der Waals surface area (Å²) in [6.45, 7) is 0. The molecule has 2 aromatic carbocycles. The Labute approximate surface area is 174 Å². The number of para-hydroxylation sites is 1. The molecule has 2 aliphatic heterocycles. The van der Waals surface area contributed by atoms with Gasteiger partial charge in [0.25, 0.3) is 0 Å². The molecule has 0 bridgehead atoms. The number of hydrogen-bond acceptors (Lipinski definition) is 4. The van der Waals surface area contributed by atoms with Crippen molar-refractivity contribution in [3.63, 3.8) is 0 Å². The van der Waals surface area contributed by atoms with E-state index in [1.807, 2.05) is 48.5 Å². The standard InChI is InChI=1S/C23H24N2O5/c26-21-17(24-18(22(27)28)11-9-14-5-2-1-3-6-14)12-10-15-7-4-8-16-13-19(23(29)30)25(21)20(15)16/h1-8,17-19,24H,9-13H2,(H,27,28)(H,29,30)/t17-,18+,19+/m1/s1. The van der Waals surface area contributed by atoms with Gasteiger partial charge in [-0.2, -0.15) is 0 Å². The van der Waals surface area contributed by atoms with E-state index in [9.17, 15) is 24.6 Å². The second-order valence-corrected chi connectivity index (χ2v) is 7.86. The van der Waals surface area contributed by atoms with Gasteiger partial charge in [0, 0.05) is 6.42 Å². The summed E-state index contributed by atoms with van der Waals surface area (Å²) in [6.07, 6.45) is 2.18. The zero-order chi connectivity index (χ0) is 21.3. The van der Waals surface area contributed by atoms with Gasteiger partial charge in [-0.25, -0.2) is 4.79 Å². The Morgan fingerprint density at radius 3 is 2.50 bits per heavy atom. The molecule has 0 aromatic heterocycles. The van der Waals surface area contributed by atoms with Crippen molar-refractivity contribution >= 4 is 23.5 Å². The molecule has 0 unspecified atom stereocenters. The van der Waals surface area contributed by atoms with E-state index < -0.39 is 30.1 Å². The van der Waals surface area contributed by atoms with Crippen molar-refractivity contribution in [2.45, 2.75) is 50.2 Å². The lowest BCUT2D eigenvalue weighted by Crippen LogP contribution is -2.54. The average molecular weight is 408 g/mol. The van der Waals surface area contributed by atoms with Crippen molar-refractivity contribution < 1.29 is 24.6 Å². The summed E-state index contributed by atoms with van der Waals surface area (Å²) in [5, 5.41) is 22.4. The summed E-state index contributed by atoms with van der Waals surface area (Å²) in [7, 11) is 0. The molecule has 0 radical (unpaired) electrons. The molecule has 2 aliphatic rings. The molecule has 3 atom stereocenters. The molecule has 4 rings (SSSR count). The first-order valence-electron chi connectivity index (χ1n) is 10.1. The number of hydrogen-bond donors (Lipinski definition) is 3. The van der Waals surface area contributed by atoms with Crippen molar-refractivity contribution in [2.75, 3.05) is 4.90 Å². The third-order valence-corrected chi connectivity index (χ3v) is 5.96. The van der Waals surface area contributed by atoms with E-state index in [0.29, 0.717) is 31.4 Å². The third-order valence-electron chi connectivity index (χ3n) is 5.96. The van der Waals surface area contributed by atoms with Crippen LogP contribution in [0.25, 0.3) is 0 Å². The van der Waals surface area contributed by atoms with Crippen molar-refractivity contribution in [3.8, 4) is 0 Å². The van der Waals surface area contributed by atoms with Gasteiger partial charge in [-0.15, -0.1) is 0 Å². The quantitative estimate of drug-likeness (QED) is 0.647. The van der Waals surface area contributed by atoms with Crippen molar-refractivity contribution in [3.05, 3.63) is 65.2 Å². The Bertz CT molecular complexity index is 975. The second-order valence-electron chi connectivity index (χ2n) is 7.86. The summed E-state index contributed by atoms with van der Waals surface area (Å²) in [6, 6.07) is 12.6. The topological polar surface area (TPSA) is 107 Å². The first-order valence-corrected chi connectivity index (χ1v) is 10.1. The number of carbonyl (C=O) groups excluding carboxylic acids is 1. The number of nitrogens with zero attached hydrogens (tertiary/aromatic N) is 1. The van der Waals surface area contributed by atoms with E-state index in [2.05, 4.69) is 5.32 Å². The van der Waals surface area contributed by atoms with E-state index in [1.165, 1.54) is 4.90 Å². The number of benzene rings is 2. The normalized spacial score (nSPS) is 21.1. The van der Waals surface area contributed by atoms with Gasteiger partial charge >= 0.3 is 11.9 Å². The number of aryl methyl sites for hydroxylation is 2. The van der Waals surface area contributed by atoms with Crippen molar-refractivity contribution in [2.24, 2.45) is 0 Å². The highest BCUT2D eigenvalue weighted by atomic mass is 16.4. The van der Waals surface area contributed by atoms with Crippen LogP contribution in [0.15, 0.2) is 48.5 Å². The summed E-state index contributed by atoms with van der Waals surface area (Å²) < 4.78 is 0. The van der Waals surface area contributed by atoms with E-state index in [0.717, 1.165) is 16.7 Å². The molecule has 0 fully saturated rings. The highest BCUT2D eigenvalue weighted by Crippen LogP contribution is 2.39. The Balaban J connectivity index is 1.55. The van der Waals surface area contributed by atoms with Crippen molar-refractivity contribution in [1.29, 1.82) is 0 Å². The number of aliphatic carboxylic acids is 2. The summed E-state index contributed by atoms with van der Waals surface area (Å²) >= 11 is 0. The lowest BCUT2D eigenvalue weighted by molar-refractivity contribution is -0.141. The van der Waals surface area contributed by atoms with Gasteiger partial charge in [0.05, 0.1) is 11.7 Å². The predicted octanol–water partition coefficient (Wildman–Crippen LogP) is 2.02. The number of carbonyl (C=O) groups is 3. The molecular weight excluding hydrogens is 384 g/mol. The lowest BCUT2D eigenvalue weighted by Gasteiger charge is -2.28. The second kappa shape index (κ2) is 8.28. The van der Waals surface area contributed by atoms with Crippen LogP contribution in [0, 0.1) is 0 Å². The molecule has 7 heteroatoms. The molecule has 30 heavy (non-hydrogen) atoms. The van der Waals surface area contributed by atoms with Gasteiger partial charge < -0.3 is 10.2 Å². The van der Waals surface area contributed by atoms with Crippen LogP contribution in [0.5, 0.6) is 0 Å². The van der Waals surface area contributed by atoms with Crippen LogP contribution in [-0.4, -0.2) is 46.2 Å². The van der Waals surface area contributed by atoms with E-state index in [-0.39, 0.29) is 12.3 Å². The Morgan fingerprint density at radius 2 is 1.80 bits per heavy atom. The molecule has 0 saturated carbocycles. The van der Waals surface area contributed by atoms with Gasteiger partial charge in [0.1, 0.15) is 12.1 Å². The molecular formula is C23H24N2O5. The highest BCUT2D eigenvalue weighted by Gasteiger charge is 2.44. The predicted molar refractivity (Wildman–Crippen MR) is 110 cm³/mol.